The molecule has 0 atom stereocenters. The Kier molecular flexibility index (Phi) is 4.71. The highest BCUT2D eigenvalue weighted by atomic mass is 16.5. The van der Waals surface area contributed by atoms with Gasteiger partial charge in [-0.25, -0.2) is 4.79 Å². The number of carbonyl (C=O) groups is 1. The maximum absolute atomic E-state index is 12.2. The van der Waals surface area contributed by atoms with E-state index in [2.05, 4.69) is 0 Å². The van der Waals surface area contributed by atoms with Crippen LogP contribution in [0.1, 0.15) is 23.0 Å². The van der Waals surface area contributed by atoms with E-state index < -0.39 is 0 Å². The summed E-state index contributed by atoms with van der Waals surface area (Å²) in [7, 11) is 0. The molecule has 3 nitrogen and oxygen atoms in total. The Balaban J connectivity index is 2.22. The smallest absolute Gasteiger partial charge is 0.339 e. The lowest BCUT2D eigenvalue weighted by molar-refractivity contribution is 0.0525. The molecule has 2 aromatic carbocycles. The molecule has 3 rings (SSSR count). The summed E-state index contributed by atoms with van der Waals surface area (Å²) in [5.74, 6) is -0.334. The van der Waals surface area contributed by atoms with Gasteiger partial charge in [-0.2, -0.15) is 0 Å². The molecule has 0 aliphatic carbocycles. The average molecular weight is 317 g/mol. The van der Waals surface area contributed by atoms with E-state index >= 15 is 0 Å². The fourth-order valence-electron chi connectivity index (χ4n) is 2.67. The third-order valence-corrected chi connectivity index (χ3v) is 3.84. The Morgan fingerprint density at radius 1 is 0.958 bits per heavy atom. The van der Waals surface area contributed by atoms with Crippen molar-refractivity contribution in [3.05, 3.63) is 78.0 Å². The first-order valence-electron chi connectivity index (χ1n) is 8.00. The minimum absolute atomic E-state index is 0.334. The summed E-state index contributed by atoms with van der Waals surface area (Å²) < 4.78 is 5.17. The van der Waals surface area contributed by atoms with Gasteiger partial charge in [-0.1, -0.05) is 60.7 Å². The summed E-state index contributed by atoms with van der Waals surface area (Å²) in [5.41, 5.74) is 5.02. The number of ether oxygens (including phenoxy) is 1. The zero-order valence-electron chi connectivity index (χ0n) is 13.8. The number of hydrogen-bond acceptors (Lipinski definition) is 3. The summed E-state index contributed by atoms with van der Waals surface area (Å²) >= 11 is 0. The summed E-state index contributed by atoms with van der Waals surface area (Å²) in [6, 6.07) is 21.9. The summed E-state index contributed by atoms with van der Waals surface area (Å²) in [4.78, 5) is 17.0. The van der Waals surface area contributed by atoms with Crippen molar-refractivity contribution >= 4 is 5.97 Å². The van der Waals surface area contributed by atoms with Gasteiger partial charge in [-0.15, -0.1) is 0 Å². The maximum Gasteiger partial charge on any atom is 0.339 e. The molecule has 0 spiro atoms. The number of rotatable bonds is 4. The SMILES string of the molecule is CCOC(=O)c1cc(-c2ccccc2)c(-c2ccccc2)nc1C. The first kappa shape index (κ1) is 15.9. The zero-order valence-corrected chi connectivity index (χ0v) is 13.8. The number of benzene rings is 2. The predicted octanol–water partition coefficient (Wildman–Crippen LogP) is 4.90. The van der Waals surface area contributed by atoms with E-state index in [1.807, 2.05) is 73.7 Å². The van der Waals surface area contributed by atoms with Crippen molar-refractivity contribution in [2.24, 2.45) is 0 Å². The highest BCUT2D eigenvalue weighted by Gasteiger charge is 2.17. The Morgan fingerprint density at radius 3 is 2.12 bits per heavy atom. The van der Waals surface area contributed by atoms with Crippen LogP contribution in [0.2, 0.25) is 0 Å². The number of nitrogens with zero attached hydrogens (tertiary/aromatic N) is 1. The van der Waals surface area contributed by atoms with E-state index in [1.54, 1.807) is 6.92 Å². The predicted molar refractivity (Wildman–Crippen MR) is 95.8 cm³/mol. The van der Waals surface area contributed by atoms with Crippen molar-refractivity contribution in [2.45, 2.75) is 13.8 Å². The first-order chi connectivity index (χ1) is 11.7. The van der Waals surface area contributed by atoms with Crippen LogP contribution < -0.4 is 0 Å². The summed E-state index contributed by atoms with van der Waals surface area (Å²) in [5, 5.41) is 0. The molecule has 24 heavy (non-hydrogen) atoms. The minimum atomic E-state index is -0.334. The lowest BCUT2D eigenvalue weighted by atomic mass is 9.96. The molecule has 0 fully saturated rings. The van der Waals surface area contributed by atoms with E-state index in [4.69, 9.17) is 9.72 Å². The van der Waals surface area contributed by atoms with Crippen LogP contribution in [-0.2, 0) is 4.74 Å². The number of carbonyl (C=O) groups excluding carboxylic acids is 1. The second kappa shape index (κ2) is 7.09. The second-order valence-electron chi connectivity index (χ2n) is 5.47. The van der Waals surface area contributed by atoms with Gasteiger partial charge in [-0.3, -0.25) is 4.98 Å². The van der Waals surface area contributed by atoms with Gasteiger partial charge in [0, 0.05) is 11.1 Å². The molecule has 3 heteroatoms. The van der Waals surface area contributed by atoms with Crippen LogP contribution in [0.3, 0.4) is 0 Å². The normalized spacial score (nSPS) is 10.4. The average Bonchev–Trinajstić information content (AvgIpc) is 2.63. The molecule has 0 saturated carbocycles. The van der Waals surface area contributed by atoms with Crippen LogP contribution in [-0.4, -0.2) is 17.6 Å². The van der Waals surface area contributed by atoms with Crippen molar-refractivity contribution in [2.75, 3.05) is 6.61 Å². The molecule has 0 radical (unpaired) electrons. The monoisotopic (exact) mass is 317 g/mol. The van der Waals surface area contributed by atoms with Crippen LogP contribution in [0.15, 0.2) is 66.7 Å². The highest BCUT2D eigenvalue weighted by molar-refractivity contribution is 5.94. The van der Waals surface area contributed by atoms with E-state index in [0.717, 1.165) is 22.4 Å². The van der Waals surface area contributed by atoms with E-state index in [9.17, 15) is 4.79 Å². The number of esters is 1. The van der Waals surface area contributed by atoms with Crippen molar-refractivity contribution in [1.29, 1.82) is 0 Å². The highest BCUT2D eigenvalue weighted by Crippen LogP contribution is 2.32. The van der Waals surface area contributed by atoms with Gasteiger partial charge in [0.15, 0.2) is 0 Å². The lowest BCUT2D eigenvalue weighted by Crippen LogP contribution is -2.09. The van der Waals surface area contributed by atoms with Gasteiger partial charge >= 0.3 is 5.97 Å². The quantitative estimate of drug-likeness (QED) is 0.642. The third-order valence-electron chi connectivity index (χ3n) is 3.84. The largest absolute Gasteiger partial charge is 0.462 e. The number of aryl methyl sites for hydroxylation is 1. The number of pyridine rings is 1. The van der Waals surface area contributed by atoms with Crippen LogP contribution >= 0.6 is 0 Å². The molecule has 0 saturated heterocycles. The van der Waals surface area contributed by atoms with E-state index in [-0.39, 0.29) is 5.97 Å². The van der Waals surface area contributed by atoms with Gasteiger partial charge in [-0.05, 0) is 25.5 Å². The zero-order chi connectivity index (χ0) is 16.9. The topological polar surface area (TPSA) is 39.2 Å². The molecule has 0 amide bonds. The Hall–Kier alpha value is -2.94. The van der Waals surface area contributed by atoms with Crippen molar-refractivity contribution in [3.63, 3.8) is 0 Å². The molecule has 0 N–H and O–H groups in total. The van der Waals surface area contributed by atoms with E-state index in [0.29, 0.717) is 17.9 Å². The van der Waals surface area contributed by atoms with Gasteiger partial charge in [0.25, 0.3) is 0 Å². The molecule has 120 valence electrons. The van der Waals surface area contributed by atoms with Crippen molar-refractivity contribution in [3.8, 4) is 22.4 Å². The van der Waals surface area contributed by atoms with Crippen molar-refractivity contribution in [1.82, 2.24) is 4.98 Å². The minimum Gasteiger partial charge on any atom is -0.462 e. The van der Waals surface area contributed by atoms with Crippen LogP contribution in [0, 0.1) is 6.92 Å². The molecule has 0 unspecified atom stereocenters. The van der Waals surface area contributed by atoms with Crippen molar-refractivity contribution < 1.29 is 9.53 Å². The van der Waals surface area contributed by atoms with Crippen LogP contribution in [0.25, 0.3) is 22.4 Å². The Bertz CT molecular complexity index is 842. The van der Waals surface area contributed by atoms with Gasteiger partial charge < -0.3 is 4.74 Å². The maximum atomic E-state index is 12.2. The van der Waals surface area contributed by atoms with Gasteiger partial charge in [0.2, 0.25) is 0 Å². The molecule has 0 aliphatic rings. The summed E-state index contributed by atoms with van der Waals surface area (Å²) in [6.45, 7) is 3.99. The Labute approximate surface area is 142 Å². The third kappa shape index (κ3) is 3.20. The van der Waals surface area contributed by atoms with Gasteiger partial charge in [0.05, 0.1) is 23.6 Å². The molecule has 1 aromatic heterocycles. The number of aromatic nitrogens is 1. The van der Waals surface area contributed by atoms with E-state index in [1.165, 1.54) is 0 Å². The molecule has 0 bridgehead atoms. The molecular formula is C21H19NO2. The number of hydrogen-bond donors (Lipinski definition) is 0. The molecule has 3 aromatic rings. The van der Waals surface area contributed by atoms with Gasteiger partial charge in [0.1, 0.15) is 0 Å². The molecule has 1 heterocycles. The second-order valence-corrected chi connectivity index (χ2v) is 5.47. The standard InChI is InChI=1S/C21H19NO2/c1-3-24-21(23)18-14-19(16-10-6-4-7-11-16)20(22-15(18)2)17-12-8-5-9-13-17/h4-14H,3H2,1-2H3. The fourth-order valence-corrected chi connectivity index (χ4v) is 2.67. The van der Waals surface area contributed by atoms with Crippen LogP contribution in [0.4, 0.5) is 0 Å². The van der Waals surface area contributed by atoms with Crippen LogP contribution in [0.5, 0.6) is 0 Å². The molecular weight excluding hydrogens is 298 g/mol. The molecule has 0 aliphatic heterocycles. The summed E-state index contributed by atoms with van der Waals surface area (Å²) in [6.07, 6.45) is 0. The Morgan fingerprint density at radius 2 is 1.54 bits per heavy atom. The first-order valence-corrected chi connectivity index (χ1v) is 8.00. The fraction of sp³-hybridized carbons (Fsp3) is 0.143. The lowest BCUT2D eigenvalue weighted by Gasteiger charge is -2.14.